The van der Waals surface area contributed by atoms with Gasteiger partial charge < -0.3 is 10.1 Å². The lowest BCUT2D eigenvalue weighted by Crippen LogP contribution is -2.31. The predicted octanol–water partition coefficient (Wildman–Crippen LogP) is 3.10. The number of ether oxygens (including phenoxy) is 1. The van der Waals surface area contributed by atoms with Gasteiger partial charge >= 0.3 is 0 Å². The lowest BCUT2D eigenvalue weighted by atomic mass is 10.00. The van der Waals surface area contributed by atoms with Crippen molar-refractivity contribution in [2.75, 3.05) is 18.2 Å². The SMILES string of the molecule is CCS(=O)(=O)c1ccc(NC(C)CC(C)(C)OC)cc1. The second-order valence-electron chi connectivity index (χ2n) is 5.64. The van der Waals surface area contributed by atoms with Crippen LogP contribution in [-0.2, 0) is 14.6 Å². The molecule has 1 N–H and O–H groups in total. The van der Waals surface area contributed by atoms with Crippen LogP contribution in [0.2, 0.25) is 0 Å². The van der Waals surface area contributed by atoms with E-state index >= 15 is 0 Å². The quantitative estimate of drug-likeness (QED) is 0.840. The third-order valence-electron chi connectivity index (χ3n) is 3.36. The molecule has 0 aliphatic heterocycles. The van der Waals surface area contributed by atoms with Crippen LogP contribution in [0.4, 0.5) is 5.69 Å². The van der Waals surface area contributed by atoms with Crippen molar-refractivity contribution < 1.29 is 13.2 Å². The Kier molecular flexibility index (Phi) is 5.59. The van der Waals surface area contributed by atoms with Crippen molar-refractivity contribution in [3.8, 4) is 0 Å². The first-order chi connectivity index (χ1) is 9.20. The summed E-state index contributed by atoms with van der Waals surface area (Å²) in [6.07, 6.45) is 0.860. The van der Waals surface area contributed by atoms with Gasteiger partial charge in [0.25, 0.3) is 0 Å². The Bertz CT molecular complexity index is 521. The van der Waals surface area contributed by atoms with Crippen molar-refractivity contribution >= 4 is 15.5 Å². The Labute approximate surface area is 122 Å². The minimum absolute atomic E-state index is 0.123. The average Bonchev–Trinajstić information content (AvgIpc) is 2.38. The van der Waals surface area contributed by atoms with Crippen LogP contribution in [0.1, 0.15) is 34.1 Å². The summed E-state index contributed by atoms with van der Waals surface area (Å²) >= 11 is 0. The molecule has 1 rings (SSSR count). The average molecular weight is 299 g/mol. The van der Waals surface area contributed by atoms with E-state index in [1.165, 1.54) is 0 Å². The van der Waals surface area contributed by atoms with Gasteiger partial charge in [0.2, 0.25) is 0 Å². The van der Waals surface area contributed by atoms with Gasteiger partial charge in [-0.15, -0.1) is 0 Å². The molecule has 1 aromatic carbocycles. The highest BCUT2D eigenvalue weighted by molar-refractivity contribution is 7.91. The molecule has 114 valence electrons. The Morgan fingerprint density at radius 1 is 1.25 bits per heavy atom. The third kappa shape index (κ3) is 4.80. The van der Waals surface area contributed by atoms with Gasteiger partial charge in [-0.25, -0.2) is 8.42 Å². The van der Waals surface area contributed by atoms with E-state index < -0.39 is 9.84 Å². The molecule has 1 atom stereocenters. The molecule has 1 aromatic rings. The van der Waals surface area contributed by atoms with Crippen LogP contribution in [0.15, 0.2) is 29.2 Å². The van der Waals surface area contributed by atoms with Crippen LogP contribution in [-0.4, -0.2) is 32.9 Å². The first-order valence-electron chi connectivity index (χ1n) is 6.84. The van der Waals surface area contributed by atoms with Crippen LogP contribution in [0.25, 0.3) is 0 Å². The molecule has 4 nitrogen and oxygen atoms in total. The molecule has 0 fully saturated rings. The molecule has 0 aliphatic carbocycles. The molecule has 0 amide bonds. The Morgan fingerprint density at radius 2 is 1.80 bits per heavy atom. The maximum atomic E-state index is 11.7. The molecule has 0 saturated heterocycles. The Hall–Kier alpha value is -1.07. The predicted molar refractivity (Wildman–Crippen MR) is 83.0 cm³/mol. The van der Waals surface area contributed by atoms with E-state index in [0.717, 1.165) is 12.1 Å². The smallest absolute Gasteiger partial charge is 0.178 e. The standard InChI is InChI=1S/C15H25NO3S/c1-6-20(17,18)14-9-7-13(8-10-14)16-12(2)11-15(3,4)19-5/h7-10,12,16H,6,11H2,1-5H3. The maximum Gasteiger partial charge on any atom is 0.178 e. The van der Waals surface area contributed by atoms with Gasteiger partial charge in [0.15, 0.2) is 9.84 Å². The lowest BCUT2D eigenvalue weighted by molar-refractivity contribution is 0.0128. The number of rotatable bonds is 7. The Morgan fingerprint density at radius 3 is 2.25 bits per heavy atom. The Balaban J connectivity index is 2.71. The van der Waals surface area contributed by atoms with Gasteiger partial charge in [-0.1, -0.05) is 6.92 Å². The van der Waals surface area contributed by atoms with E-state index in [1.54, 1.807) is 38.3 Å². The summed E-state index contributed by atoms with van der Waals surface area (Å²) in [4.78, 5) is 0.371. The monoisotopic (exact) mass is 299 g/mol. The molecular formula is C15H25NO3S. The second-order valence-corrected chi connectivity index (χ2v) is 7.92. The summed E-state index contributed by atoms with van der Waals surface area (Å²) in [5.74, 6) is 0.123. The van der Waals surface area contributed by atoms with Gasteiger partial charge in [0.05, 0.1) is 16.2 Å². The van der Waals surface area contributed by atoms with Crippen LogP contribution < -0.4 is 5.32 Å². The first kappa shape index (κ1) is 17.0. The fraction of sp³-hybridized carbons (Fsp3) is 0.600. The molecule has 0 radical (unpaired) electrons. The van der Waals surface area contributed by atoms with Crippen LogP contribution >= 0.6 is 0 Å². The van der Waals surface area contributed by atoms with E-state index in [2.05, 4.69) is 12.2 Å². The summed E-state index contributed by atoms with van der Waals surface area (Å²) in [7, 11) is -1.42. The molecule has 0 heterocycles. The molecule has 0 bridgehead atoms. The molecule has 0 aromatic heterocycles. The maximum absolute atomic E-state index is 11.7. The number of hydrogen-bond donors (Lipinski definition) is 1. The molecular weight excluding hydrogens is 274 g/mol. The normalized spacial score (nSPS) is 14.1. The zero-order valence-electron chi connectivity index (χ0n) is 12.9. The summed E-state index contributed by atoms with van der Waals surface area (Å²) in [5, 5.41) is 3.35. The molecule has 0 spiro atoms. The van der Waals surface area contributed by atoms with Crippen molar-refractivity contribution in [1.82, 2.24) is 0 Å². The van der Waals surface area contributed by atoms with Gasteiger partial charge in [0.1, 0.15) is 0 Å². The highest BCUT2D eigenvalue weighted by Gasteiger charge is 2.20. The van der Waals surface area contributed by atoms with Gasteiger partial charge in [0, 0.05) is 18.8 Å². The van der Waals surface area contributed by atoms with Crippen molar-refractivity contribution in [2.24, 2.45) is 0 Å². The first-order valence-corrected chi connectivity index (χ1v) is 8.50. The van der Waals surface area contributed by atoms with Gasteiger partial charge in [-0.05, 0) is 51.5 Å². The van der Waals surface area contributed by atoms with E-state index in [9.17, 15) is 8.42 Å². The second kappa shape index (κ2) is 6.59. The zero-order valence-corrected chi connectivity index (χ0v) is 13.8. The number of methoxy groups -OCH3 is 1. The number of sulfone groups is 1. The molecule has 5 heteroatoms. The molecule has 0 aliphatic rings. The molecule has 0 saturated carbocycles. The fourth-order valence-corrected chi connectivity index (χ4v) is 2.97. The summed E-state index contributed by atoms with van der Waals surface area (Å²) in [6, 6.07) is 7.14. The topological polar surface area (TPSA) is 55.4 Å². The van der Waals surface area contributed by atoms with Crippen LogP contribution in [0.5, 0.6) is 0 Å². The highest BCUT2D eigenvalue weighted by atomic mass is 32.2. The van der Waals surface area contributed by atoms with E-state index in [-0.39, 0.29) is 17.4 Å². The van der Waals surface area contributed by atoms with Gasteiger partial charge in [-0.3, -0.25) is 0 Å². The van der Waals surface area contributed by atoms with Crippen LogP contribution in [0, 0.1) is 0 Å². The summed E-state index contributed by atoms with van der Waals surface area (Å²) in [5.41, 5.74) is 0.734. The number of anilines is 1. The van der Waals surface area contributed by atoms with Crippen LogP contribution in [0.3, 0.4) is 0 Å². The highest BCUT2D eigenvalue weighted by Crippen LogP contribution is 2.20. The minimum Gasteiger partial charge on any atom is -0.382 e. The summed E-state index contributed by atoms with van der Waals surface area (Å²) in [6.45, 7) is 7.82. The summed E-state index contributed by atoms with van der Waals surface area (Å²) < 4.78 is 28.9. The largest absolute Gasteiger partial charge is 0.382 e. The number of benzene rings is 1. The third-order valence-corrected chi connectivity index (χ3v) is 5.11. The van der Waals surface area contributed by atoms with Crippen molar-refractivity contribution in [3.63, 3.8) is 0 Å². The van der Waals surface area contributed by atoms with Crippen molar-refractivity contribution in [3.05, 3.63) is 24.3 Å². The van der Waals surface area contributed by atoms with E-state index in [1.807, 2.05) is 13.8 Å². The number of hydrogen-bond acceptors (Lipinski definition) is 4. The van der Waals surface area contributed by atoms with E-state index in [4.69, 9.17) is 4.74 Å². The lowest BCUT2D eigenvalue weighted by Gasteiger charge is -2.27. The zero-order chi connectivity index (χ0) is 15.4. The van der Waals surface area contributed by atoms with Crippen molar-refractivity contribution in [1.29, 1.82) is 0 Å². The van der Waals surface area contributed by atoms with Crippen molar-refractivity contribution in [2.45, 2.75) is 50.7 Å². The fourth-order valence-electron chi connectivity index (χ4n) is 2.08. The van der Waals surface area contributed by atoms with Gasteiger partial charge in [-0.2, -0.15) is 0 Å². The molecule has 1 unspecified atom stereocenters. The molecule has 20 heavy (non-hydrogen) atoms. The number of nitrogens with one attached hydrogen (secondary N) is 1. The van der Waals surface area contributed by atoms with E-state index in [0.29, 0.717) is 4.90 Å². The minimum atomic E-state index is -3.12.